The highest BCUT2D eigenvalue weighted by Gasteiger charge is 2.19. The Balaban J connectivity index is 2.66. The van der Waals surface area contributed by atoms with Crippen molar-refractivity contribution in [2.45, 2.75) is 20.0 Å². The van der Waals surface area contributed by atoms with Crippen molar-refractivity contribution in [3.8, 4) is 0 Å². The highest BCUT2D eigenvalue weighted by Crippen LogP contribution is 2.10. The molecule has 0 saturated heterocycles. The molecule has 108 valence electrons. The van der Waals surface area contributed by atoms with Crippen LogP contribution in [0.15, 0.2) is 36.5 Å². The van der Waals surface area contributed by atoms with Gasteiger partial charge in [0.05, 0.1) is 24.0 Å². The Morgan fingerprint density at radius 3 is 1.95 bits per heavy atom. The van der Waals surface area contributed by atoms with Gasteiger partial charge in [-0.05, 0) is 31.2 Å². The van der Waals surface area contributed by atoms with Crippen molar-refractivity contribution >= 4 is 20.0 Å². The van der Waals surface area contributed by atoms with Crippen molar-refractivity contribution in [2.75, 3.05) is 12.8 Å². The standard InChI is InChI=1S/C15H20O4Si/c1-5-18-14(16)12-7-9-13(10-8-12)15(17)19-11-20(3,4)6-2/h6-10H,2,5,11H2,1,3-4H3. The molecule has 0 heterocycles. The number of esters is 2. The second kappa shape index (κ2) is 7.05. The summed E-state index contributed by atoms with van der Waals surface area (Å²) in [6.07, 6.45) is 0.398. The van der Waals surface area contributed by atoms with E-state index < -0.39 is 14.0 Å². The Hall–Kier alpha value is -1.88. The van der Waals surface area contributed by atoms with Crippen LogP contribution in [-0.2, 0) is 9.47 Å². The van der Waals surface area contributed by atoms with Crippen molar-refractivity contribution in [3.63, 3.8) is 0 Å². The van der Waals surface area contributed by atoms with Crippen LogP contribution in [0.5, 0.6) is 0 Å². The molecule has 0 aliphatic rings. The summed E-state index contributed by atoms with van der Waals surface area (Å²) in [5.41, 5.74) is 2.72. The summed E-state index contributed by atoms with van der Waals surface area (Å²) in [6.45, 7) is 9.95. The monoisotopic (exact) mass is 292 g/mol. The fourth-order valence-corrected chi connectivity index (χ4v) is 1.97. The summed E-state index contributed by atoms with van der Waals surface area (Å²) in [4.78, 5) is 23.3. The number of benzene rings is 1. The summed E-state index contributed by atoms with van der Waals surface area (Å²) in [5, 5.41) is 0. The predicted molar refractivity (Wildman–Crippen MR) is 80.4 cm³/mol. The second-order valence-electron chi connectivity index (χ2n) is 5.07. The first-order valence-electron chi connectivity index (χ1n) is 6.47. The van der Waals surface area contributed by atoms with Crippen LogP contribution < -0.4 is 0 Å². The lowest BCUT2D eigenvalue weighted by Gasteiger charge is -2.16. The summed E-state index contributed by atoms with van der Waals surface area (Å²) >= 11 is 0. The topological polar surface area (TPSA) is 52.6 Å². The zero-order valence-electron chi connectivity index (χ0n) is 12.1. The Kier molecular flexibility index (Phi) is 5.70. The van der Waals surface area contributed by atoms with Crippen LogP contribution in [0.3, 0.4) is 0 Å². The highest BCUT2D eigenvalue weighted by molar-refractivity contribution is 6.82. The molecule has 0 amide bonds. The van der Waals surface area contributed by atoms with Gasteiger partial charge in [0, 0.05) is 0 Å². The molecule has 0 radical (unpaired) electrons. The molecule has 0 fully saturated rings. The summed E-state index contributed by atoms with van der Waals surface area (Å²) < 4.78 is 10.1. The lowest BCUT2D eigenvalue weighted by molar-refractivity contribution is 0.0521. The molecule has 0 unspecified atom stereocenters. The van der Waals surface area contributed by atoms with Gasteiger partial charge in [0.15, 0.2) is 0 Å². The number of rotatable bonds is 6. The normalized spacial score (nSPS) is 10.8. The molecule has 0 aliphatic carbocycles. The van der Waals surface area contributed by atoms with Crippen molar-refractivity contribution in [3.05, 3.63) is 47.7 Å². The highest BCUT2D eigenvalue weighted by atomic mass is 28.3. The third-order valence-electron chi connectivity index (χ3n) is 2.76. The quantitative estimate of drug-likeness (QED) is 0.597. The predicted octanol–water partition coefficient (Wildman–Crippen LogP) is 2.99. The van der Waals surface area contributed by atoms with Gasteiger partial charge >= 0.3 is 11.9 Å². The average Bonchev–Trinajstić information content (AvgIpc) is 2.45. The van der Waals surface area contributed by atoms with Crippen LogP contribution in [0.1, 0.15) is 27.6 Å². The van der Waals surface area contributed by atoms with Crippen molar-refractivity contribution < 1.29 is 19.1 Å². The Morgan fingerprint density at radius 1 is 1.10 bits per heavy atom. The van der Waals surface area contributed by atoms with E-state index in [0.717, 1.165) is 0 Å². The van der Waals surface area contributed by atoms with E-state index in [1.165, 1.54) is 0 Å². The first-order chi connectivity index (χ1) is 9.39. The van der Waals surface area contributed by atoms with Gasteiger partial charge in [0.2, 0.25) is 0 Å². The minimum atomic E-state index is -1.67. The third kappa shape index (κ3) is 4.66. The van der Waals surface area contributed by atoms with E-state index in [-0.39, 0.29) is 5.97 Å². The SMILES string of the molecule is C=C[Si](C)(C)COC(=O)c1ccc(C(=O)OCC)cc1. The molecule has 5 heteroatoms. The molecule has 0 atom stereocenters. The van der Waals surface area contributed by atoms with E-state index in [1.54, 1.807) is 31.2 Å². The second-order valence-corrected chi connectivity index (χ2v) is 9.74. The van der Waals surface area contributed by atoms with E-state index in [2.05, 4.69) is 19.7 Å². The van der Waals surface area contributed by atoms with Crippen LogP contribution in [0, 0.1) is 0 Å². The van der Waals surface area contributed by atoms with Crippen LogP contribution in [0.4, 0.5) is 0 Å². The van der Waals surface area contributed by atoms with E-state index in [1.807, 2.05) is 5.70 Å². The van der Waals surface area contributed by atoms with E-state index >= 15 is 0 Å². The summed E-state index contributed by atoms with van der Waals surface area (Å²) in [5.74, 6) is -0.782. The smallest absolute Gasteiger partial charge is 0.338 e. The number of carbonyl (C=O) groups is 2. The maximum atomic E-state index is 11.9. The summed E-state index contributed by atoms with van der Waals surface area (Å²) in [6, 6.07) is 6.25. The molecule has 0 N–H and O–H groups in total. The van der Waals surface area contributed by atoms with Crippen molar-refractivity contribution in [2.24, 2.45) is 0 Å². The third-order valence-corrected chi connectivity index (χ3v) is 4.75. The molecule has 0 saturated carbocycles. The fourth-order valence-electron chi connectivity index (χ4n) is 1.35. The lowest BCUT2D eigenvalue weighted by atomic mass is 10.1. The van der Waals surface area contributed by atoms with Gasteiger partial charge in [-0.3, -0.25) is 0 Å². The Morgan fingerprint density at radius 2 is 1.55 bits per heavy atom. The van der Waals surface area contributed by atoms with Crippen molar-refractivity contribution in [1.29, 1.82) is 0 Å². The Bertz CT molecular complexity index is 491. The molecular weight excluding hydrogens is 272 g/mol. The van der Waals surface area contributed by atoms with Gasteiger partial charge in [0.25, 0.3) is 0 Å². The van der Waals surface area contributed by atoms with Crippen molar-refractivity contribution in [1.82, 2.24) is 0 Å². The molecule has 0 aliphatic heterocycles. The van der Waals surface area contributed by atoms with Gasteiger partial charge in [-0.25, -0.2) is 9.59 Å². The first kappa shape index (κ1) is 16.2. The number of carbonyl (C=O) groups excluding carboxylic acids is 2. The first-order valence-corrected chi connectivity index (χ1v) is 9.76. The largest absolute Gasteiger partial charge is 0.465 e. The maximum absolute atomic E-state index is 11.9. The molecular formula is C15H20O4Si. The molecule has 20 heavy (non-hydrogen) atoms. The number of hydrogen-bond donors (Lipinski definition) is 0. The maximum Gasteiger partial charge on any atom is 0.338 e. The van der Waals surface area contributed by atoms with Crippen LogP contribution >= 0.6 is 0 Å². The van der Waals surface area contributed by atoms with E-state index in [9.17, 15) is 9.59 Å². The van der Waals surface area contributed by atoms with Gasteiger partial charge in [-0.15, -0.1) is 6.58 Å². The van der Waals surface area contributed by atoms with E-state index in [0.29, 0.717) is 24.0 Å². The number of ether oxygens (including phenoxy) is 2. The van der Waals surface area contributed by atoms with Gasteiger partial charge in [0.1, 0.15) is 8.07 Å². The molecule has 0 aromatic heterocycles. The molecule has 1 rings (SSSR count). The zero-order chi connectivity index (χ0) is 15.2. The fraction of sp³-hybridized carbons (Fsp3) is 0.333. The van der Waals surface area contributed by atoms with Gasteiger partial charge in [-0.1, -0.05) is 18.8 Å². The molecule has 1 aromatic carbocycles. The van der Waals surface area contributed by atoms with Crippen LogP contribution in [0.2, 0.25) is 13.1 Å². The average molecular weight is 292 g/mol. The van der Waals surface area contributed by atoms with E-state index in [4.69, 9.17) is 9.47 Å². The van der Waals surface area contributed by atoms with Crippen LogP contribution in [0.25, 0.3) is 0 Å². The van der Waals surface area contributed by atoms with Gasteiger partial charge < -0.3 is 9.47 Å². The molecule has 0 bridgehead atoms. The summed E-state index contributed by atoms with van der Waals surface area (Å²) in [7, 11) is -1.67. The zero-order valence-corrected chi connectivity index (χ0v) is 13.1. The molecule has 1 aromatic rings. The Labute approximate surface area is 120 Å². The minimum Gasteiger partial charge on any atom is -0.465 e. The molecule has 4 nitrogen and oxygen atoms in total. The number of hydrogen-bond acceptors (Lipinski definition) is 4. The van der Waals surface area contributed by atoms with Gasteiger partial charge in [-0.2, -0.15) is 0 Å². The molecule has 0 spiro atoms. The van der Waals surface area contributed by atoms with Crippen LogP contribution in [-0.4, -0.2) is 32.8 Å². The lowest BCUT2D eigenvalue weighted by Crippen LogP contribution is -2.31. The minimum absolute atomic E-state index is 0.323.